The maximum Gasteiger partial charge on any atom is 0.00965 e. The van der Waals surface area contributed by atoms with E-state index in [1.54, 1.807) is 0 Å². The molecule has 0 radical (unpaired) electrons. The molecule has 0 spiro atoms. The van der Waals surface area contributed by atoms with Crippen LogP contribution in [0.2, 0.25) is 0 Å². The van der Waals surface area contributed by atoms with Gasteiger partial charge in [-0.05, 0) is 63.6 Å². The first kappa shape index (κ1) is 15.2. The van der Waals surface area contributed by atoms with Crippen LogP contribution in [0.1, 0.15) is 52.2 Å². The molecule has 0 fully saturated rings. The fourth-order valence-corrected chi connectivity index (χ4v) is 2.11. The van der Waals surface area contributed by atoms with Gasteiger partial charge in [-0.3, -0.25) is 0 Å². The minimum atomic E-state index is 0.239. The summed E-state index contributed by atoms with van der Waals surface area (Å²) in [4.78, 5) is 0. The molecule has 1 N–H and O–H groups in total. The van der Waals surface area contributed by atoms with Crippen LogP contribution >= 0.6 is 0 Å². The first-order valence-corrected chi connectivity index (χ1v) is 7.23. The van der Waals surface area contributed by atoms with Gasteiger partial charge >= 0.3 is 0 Å². The quantitative estimate of drug-likeness (QED) is 0.794. The average Bonchev–Trinajstić information content (AvgIpc) is 2.28. The highest BCUT2D eigenvalue weighted by Crippen LogP contribution is 2.13. The van der Waals surface area contributed by atoms with E-state index in [4.69, 9.17) is 0 Å². The van der Waals surface area contributed by atoms with E-state index in [0.717, 1.165) is 18.9 Å². The lowest BCUT2D eigenvalue weighted by Gasteiger charge is -2.22. The first-order chi connectivity index (χ1) is 8.40. The average molecular weight is 247 g/mol. The molecule has 0 aliphatic rings. The van der Waals surface area contributed by atoms with E-state index in [2.05, 4.69) is 64.2 Å². The molecule has 0 amide bonds. The summed E-state index contributed by atoms with van der Waals surface area (Å²) < 4.78 is 0. The van der Waals surface area contributed by atoms with Crippen LogP contribution in [0.25, 0.3) is 0 Å². The number of nitrogens with one attached hydrogen (secondary N) is 1. The number of rotatable bonds is 6. The van der Waals surface area contributed by atoms with Crippen LogP contribution in [0, 0.1) is 5.92 Å². The lowest BCUT2D eigenvalue weighted by Crippen LogP contribution is -2.37. The Morgan fingerprint density at radius 3 is 2.11 bits per heavy atom. The summed E-state index contributed by atoms with van der Waals surface area (Å²) in [5.41, 5.74) is 3.14. The highest BCUT2D eigenvalue weighted by molar-refractivity contribution is 5.22. The standard InChI is InChI=1S/C17H29N/c1-6-15-7-9-16(10-8-15)13-14(2)11-12-18-17(3,4)5/h7-10,14,18H,6,11-13H2,1-5H3. The minimum Gasteiger partial charge on any atom is -0.312 e. The molecule has 1 rings (SSSR count). The van der Waals surface area contributed by atoms with Crippen LogP contribution in [0.15, 0.2) is 24.3 Å². The van der Waals surface area contributed by atoms with Crippen LogP contribution in [-0.4, -0.2) is 12.1 Å². The molecule has 0 saturated carbocycles. The van der Waals surface area contributed by atoms with Crippen molar-refractivity contribution in [2.24, 2.45) is 5.92 Å². The van der Waals surface area contributed by atoms with Crippen LogP contribution in [-0.2, 0) is 12.8 Å². The molecule has 0 saturated heterocycles. The van der Waals surface area contributed by atoms with E-state index in [9.17, 15) is 0 Å². The number of aryl methyl sites for hydroxylation is 1. The van der Waals surface area contributed by atoms with Crippen molar-refractivity contribution in [3.63, 3.8) is 0 Å². The zero-order chi connectivity index (χ0) is 13.6. The van der Waals surface area contributed by atoms with E-state index in [1.807, 2.05) is 0 Å². The van der Waals surface area contributed by atoms with Crippen molar-refractivity contribution in [2.75, 3.05) is 6.54 Å². The smallest absolute Gasteiger partial charge is 0.00965 e. The Balaban J connectivity index is 2.32. The van der Waals surface area contributed by atoms with Gasteiger partial charge in [0.2, 0.25) is 0 Å². The highest BCUT2D eigenvalue weighted by Gasteiger charge is 2.09. The molecular formula is C17H29N. The molecule has 1 aromatic carbocycles. The summed E-state index contributed by atoms with van der Waals surface area (Å²) in [7, 11) is 0. The lowest BCUT2D eigenvalue weighted by molar-refractivity contribution is 0.394. The highest BCUT2D eigenvalue weighted by atomic mass is 14.9. The van der Waals surface area contributed by atoms with Gasteiger partial charge in [0.05, 0.1) is 0 Å². The molecular weight excluding hydrogens is 218 g/mol. The molecule has 1 unspecified atom stereocenters. The molecule has 0 aliphatic heterocycles. The maximum absolute atomic E-state index is 3.56. The van der Waals surface area contributed by atoms with Gasteiger partial charge in [0.1, 0.15) is 0 Å². The zero-order valence-electron chi connectivity index (χ0n) is 12.7. The predicted molar refractivity (Wildman–Crippen MR) is 81.1 cm³/mol. The number of hydrogen-bond acceptors (Lipinski definition) is 1. The van der Waals surface area contributed by atoms with Gasteiger partial charge in [-0.25, -0.2) is 0 Å². The third-order valence-electron chi connectivity index (χ3n) is 3.31. The molecule has 0 aliphatic carbocycles. The van der Waals surface area contributed by atoms with E-state index in [-0.39, 0.29) is 5.54 Å². The maximum atomic E-state index is 3.56. The van der Waals surface area contributed by atoms with Gasteiger partial charge < -0.3 is 5.32 Å². The summed E-state index contributed by atoms with van der Waals surface area (Å²) in [5, 5.41) is 3.56. The predicted octanol–water partition coefficient (Wildman–Crippen LogP) is 4.21. The first-order valence-electron chi connectivity index (χ1n) is 7.23. The molecule has 0 heterocycles. The topological polar surface area (TPSA) is 12.0 Å². The number of hydrogen-bond donors (Lipinski definition) is 1. The molecule has 1 atom stereocenters. The van der Waals surface area contributed by atoms with Crippen LogP contribution < -0.4 is 5.32 Å². The Bertz CT molecular complexity index is 332. The van der Waals surface area contributed by atoms with Gasteiger partial charge in [-0.1, -0.05) is 38.1 Å². The summed E-state index contributed by atoms with van der Waals surface area (Å²) in [5.74, 6) is 0.743. The molecule has 0 aromatic heterocycles. The summed E-state index contributed by atoms with van der Waals surface area (Å²) in [6.45, 7) is 12.3. The molecule has 102 valence electrons. The van der Waals surface area contributed by atoms with E-state index < -0.39 is 0 Å². The normalized spacial score (nSPS) is 13.6. The Kier molecular flexibility index (Phi) is 5.87. The van der Waals surface area contributed by atoms with E-state index >= 15 is 0 Å². The summed E-state index contributed by atoms with van der Waals surface area (Å²) >= 11 is 0. The van der Waals surface area contributed by atoms with Crippen molar-refractivity contribution < 1.29 is 0 Å². The fraction of sp³-hybridized carbons (Fsp3) is 0.647. The van der Waals surface area contributed by atoms with Crippen molar-refractivity contribution in [3.8, 4) is 0 Å². The molecule has 1 heteroatoms. The van der Waals surface area contributed by atoms with Crippen molar-refractivity contribution >= 4 is 0 Å². The largest absolute Gasteiger partial charge is 0.312 e. The third-order valence-corrected chi connectivity index (χ3v) is 3.31. The fourth-order valence-electron chi connectivity index (χ4n) is 2.11. The minimum absolute atomic E-state index is 0.239. The second kappa shape index (κ2) is 6.94. The lowest BCUT2D eigenvalue weighted by atomic mass is 9.96. The van der Waals surface area contributed by atoms with Crippen molar-refractivity contribution in [1.29, 1.82) is 0 Å². The Labute approximate surface area is 113 Å². The molecule has 1 aromatic rings. The van der Waals surface area contributed by atoms with Gasteiger partial charge in [-0.15, -0.1) is 0 Å². The van der Waals surface area contributed by atoms with Gasteiger partial charge in [0.25, 0.3) is 0 Å². The molecule has 1 nitrogen and oxygen atoms in total. The van der Waals surface area contributed by atoms with Crippen LogP contribution in [0.3, 0.4) is 0 Å². The van der Waals surface area contributed by atoms with Crippen molar-refractivity contribution in [2.45, 2.75) is 59.4 Å². The molecule has 0 bridgehead atoms. The summed E-state index contributed by atoms with van der Waals surface area (Å²) in [6, 6.07) is 9.09. The van der Waals surface area contributed by atoms with Gasteiger partial charge in [0, 0.05) is 5.54 Å². The monoisotopic (exact) mass is 247 g/mol. The molecule has 18 heavy (non-hydrogen) atoms. The summed E-state index contributed by atoms with van der Waals surface area (Å²) in [6.07, 6.45) is 3.56. The van der Waals surface area contributed by atoms with Crippen LogP contribution in [0.4, 0.5) is 0 Å². The number of benzene rings is 1. The van der Waals surface area contributed by atoms with Crippen molar-refractivity contribution in [3.05, 3.63) is 35.4 Å². The Hall–Kier alpha value is -0.820. The second-order valence-corrected chi connectivity index (χ2v) is 6.44. The van der Waals surface area contributed by atoms with Gasteiger partial charge in [0.15, 0.2) is 0 Å². The van der Waals surface area contributed by atoms with Crippen molar-refractivity contribution in [1.82, 2.24) is 5.32 Å². The van der Waals surface area contributed by atoms with E-state index in [0.29, 0.717) is 0 Å². The Morgan fingerprint density at radius 2 is 1.61 bits per heavy atom. The SMILES string of the molecule is CCc1ccc(CC(C)CCNC(C)(C)C)cc1. The second-order valence-electron chi connectivity index (χ2n) is 6.44. The van der Waals surface area contributed by atoms with Crippen LogP contribution in [0.5, 0.6) is 0 Å². The third kappa shape index (κ3) is 6.20. The van der Waals surface area contributed by atoms with Gasteiger partial charge in [-0.2, -0.15) is 0 Å². The van der Waals surface area contributed by atoms with E-state index in [1.165, 1.54) is 24.0 Å². The zero-order valence-corrected chi connectivity index (χ0v) is 12.7. The Morgan fingerprint density at radius 1 is 1.06 bits per heavy atom.